The van der Waals surface area contributed by atoms with E-state index < -0.39 is 0 Å². The number of nitrogens with one attached hydrogen (secondary N) is 1. The lowest BCUT2D eigenvalue weighted by Crippen LogP contribution is -2.23. The lowest BCUT2D eigenvalue weighted by molar-refractivity contribution is -0.131. The highest BCUT2D eigenvalue weighted by Crippen LogP contribution is 2.34. The van der Waals surface area contributed by atoms with E-state index >= 15 is 0 Å². The number of halogens is 1. The zero-order valence-electron chi connectivity index (χ0n) is 19.9. The van der Waals surface area contributed by atoms with Crippen LogP contribution in [-0.2, 0) is 22.6 Å². The minimum Gasteiger partial charge on any atom is -0.490 e. The van der Waals surface area contributed by atoms with Gasteiger partial charge in [0, 0.05) is 44.5 Å². The number of hydrogen-bond donors (Lipinski definition) is 1. The quantitative estimate of drug-likeness (QED) is 0.331. The van der Waals surface area contributed by atoms with Crippen LogP contribution in [0.1, 0.15) is 44.2 Å². The Kier molecular flexibility index (Phi) is 10.9. The number of nitriles is 1. The predicted molar refractivity (Wildman–Crippen MR) is 130 cm³/mol. The first-order valence-corrected chi connectivity index (χ1v) is 11.3. The molecule has 0 aromatic heterocycles. The maximum atomic E-state index is 13.6. The average molecular weight is 467 g/mol. The second kappa shape index (κ2) is 13.9. The summed E-state index contributed by atoms with van der Waals surface area (Å²) in [6, 6.07) is 12.3. The van der Waals surface area contributed by atoms with Crippen molar-refractivity contribution in [1.82, 2.24) is 4.90 Å². The molecule has 2 aromatic carbocycles. The fraction of sp³-hybridized carbons (Fsp3) is 0.385. The number of hydrogen-bond acceptors (Lipinski definition) is 5. The van der Waals surface area contributed by atoms with E-state index in [2.05, 4.69) is 11.1 Å². The third-order valence-corrected chi connectivity index (χ3v) is 5.13. The normalized spacial score (nSPS) is 12.0. The minimum absolute atomic E-state index is 0.156. The highest BCUT2D eigenvalue weighted by Gasteiger charge is 2.23. The first-order valence-electron chi connectivity index (χ1n) is 11.3. The van der Waals surface area contributed by atoms with Gasteiger partial charge in [-0.15, -0.1) is 0 Å². The summed E-state index contributed by atoms with van der Waals surface area (Å²) in [6.07, 6.45) is 3.94. The van der Waals surface area contributed by atoms with Crippen molar-refractivity contribution in [3.8, 4) is 22.9 Å². The Balaban J connectivity index is 0.000000387. The van der Waals surface area contributed by atoms with Crippen LogP contribution < -0.4 is 4.74 Å². The summed E-state index contributed by atoms with van der Waals surface area (Å²) in [7, 11) is 1.60. The number of aliphatic imine (C=N–C) groups is 1. The SMILES string of the molecule is CCC(=O)N1Cc2ccc(-c3ccc(F)cc3OCCOC)cc2C1.CCCC=NC(=N)C#N. The molecule has 1 aliphatic heterocycles. The fourth-order valence-corrected chi connectivity index (χ4v) is 3.36. The zero-order valence-corrected chi connectivity index (χ0v) is 19.9. The number of rotatable bonds is 8. The molecule has 0 unspecified atom stereocenters. The van der Waals surface area contributed by atoms with E-state index in [0.29, 0.717) is 38.5 Å². The number of ether oxygens (including phenoxy) is 2. The van der Waals surface area contributed by atoms with E-state index in [4.69, 9.17) is 20.1 Å². The number of unbranched alkanes of at least 4 members (excludes halogenated alkanes) is 1. The van der Waals surface area contributed by atoms with Gasteiger partial charge in [0.05, 0.1) is 6.61 Å². The van der Waals surface area contributed by atoms with Crippen molar-refractivity contribution in [3.63, 3.8) is 0 Å². The van der Waals surface area contributed by atoms with Gasteiger partial charge in [0.15, 0.2) is 0 Å². The van der Waals surface area contributed by atoms with Crippen molar-refractivity contribution < 1.29 is 18.7 Å². The molecule has 0 saturated carbocycles. The number of carbonyl (C=O) groups is 1. The van der Waals surface area contributed by atoms with Crippen LogP contribution in [0.4, 0.5) is 4.39 Å². The molecule has 1 amide bonds. The van der Waals surface area contributed by atoms with Gasteiger partial charge >= 0.3 is 0 Å². The Hall–Kier alpha value is -3.57. The number of amides is 1. The first kappa shape index (κ1) is 26.7. The molecular weight excluding hydrogens is 435 g/mol. The summed E-state index contributed by atoms with van der Waals surface area (Å²) in [5.41, 5.74) is 4.08. The maximum absolute atomic E-state index is 13.6. The summed E-state index contributed by atoms with van der Waals surface area (Å²) in [4.78, 5) is 17.3. The molecular formula is C26H31FN4O3. The summed E-state index contributed by atoms with van der Waals surface area (Å²) < 4.78 is 24.3. The smallest absolute Gasteiger partial charge is 0.224 e. The van der Waals surface area contributed by atoms with Crippen LogP contribution in [0.15, 0.2) is 41.4 Å². The predicted octanol–water partition coefficient (Wildman–Crippen LogP) is 5.13. The van der Waals surface area contributed by atoms with Gasteiger partial charge in [-0.05, 0) is 41.3 Å². The minimum atomic E-state index is -0.336. The van der Waals surface area contributed by atoms with Crippen LogP contribution in [-0.4, -0.2) is 43.2 Å². The topological polar surface area (TPSA) is 98.8 Å². The van der Waals surface area contributed by atoms with Crippen LogP contribution >= 0.6 is 0 Å². The third-order valence-electron chi connectivity index (χ3n) is 5.13. The van der Waals surface area contributed by atoms with Gasteiger partial charge in [-0.3, -0.25) is 10.2 Å². The Morgan fingerprint density at radius 2 is 1.97 bits per heavy atom. The summed E-state index contributed by atoms with van der Waals surface area (Å²) in [5, 5.41) is 14.8. The van der Waals surface area contributed by atoms with Gasteiger partial charge in [0.2, 0.25) is 11.7 Å². The van der Waals surface area contributed by atoms with Gasteiger partial charge in [0.25, 0.3) is 0 Å². The maximum Gasteiger partial charge on any atom is 0.224 e. The van der Waals surface area contributed by atoms with Crippen molar-refractivity contribution in [2.24, 2.45) is 4.99 Å². The Morgan fingerprint density at radius 3 is 2.65 bits per heavy atom. The van der Waals surface area contributed by atoms with Crippen LogP contribution in [0.5, 0.6) is 5.75 Å². The highest BCUT2D eigenvalue weighted by molar-refractivity contribution is 5.98. The lowest BCUT2D eigenvalue weighted by atomic mass is 10.00. The van der Waals surface area contributed by atoms with Crippen LogP contribution in [0.3, 0.4) is 0 Å². The van der Waals surface area contributed by atoms with Crippen molar-refractivity contribution in [1.29, 1.82) is 10.7 Å². The largest absolute Gasteiger partial charge is 0.490 e. The molecule has 1 N–H and O–H groups in total. The highest BCUT2D eigenvalue weighted by atomic mass is 19.1. The number of nitrogens with zero attached hydrogens (tertiary/aromatic N) is 3. The molecule has 0 spiro atoms. The summed E-state index contributed by atoms with van der Waals surface area (Å²) in [5.74, 6) is 0.0973. The van der Waals surface area contributed by atoms with Crippen molar-refractivity contribution in [2.75, 3.05) is 20.3 Å². The molecule has 0 aliphatic carbocycles. The number of amidine groups is 1. The second-order valence-corrected chi connectivity index (χ2v) is 7.63. The Bertz CT molecular complexity index is 1060. The van der Waals surface area contributed by atoms with E-state index in [0.717, 1.165) is 35.1 Å². The molecule has 7 nitrogen and oxygen atoms in total. The summed E-state index contributed by atoms with van der Waals surface area (Å²) >= 11 is 0. The van der Waals surface area contributed by atoms with E-state index in [1.807, 2.05) is 30.9 Å². The molecule has 0 radical (unpaired) electrons. The molecule has 1 aliphatic rings. The van der Waals surface area contributed by atoms with Crippen LogP contribution in [0, 0.1) is 22.6 Å². The molecule has 2 aromatic rings. The van der Waals surface area contributed by atoms with E-state index in [-0.39, 0.29) is 17.6 Å². The van der Waals surface area contributed by atoms with Crippen molar-refractivity contribution >= 4 is 18.0 Å². The lowest BCUT2D eigenvalue weighted by Gasteiger charge is -2.13. The van der Waals surface area contributed by atoms with E-state index in [1.165, 1.54) is 12.1 Å². The van der Waals surface area contributed by atoms with Crippen molar-refractivity contribution in [3.05, 3.63) is 53.3 Å². The molecule has 8 heteroatoms. The van der Waals surface area contributed by atoms with E-state index in [1.54, 1.807) is 25.5 Å². The van der Waals surface area contributed by atoms with Gasteiger partial charge in [0.1, 0.15) is 24.2 Å². The fourth-order valence-electron chi connectivity index (χ4n) is 3.36. The van der Waals surface area contributed by atoms with Gasteiger partial charge < -0.3 is 14.4 Å². The number of benzene rings is 2. The Labute approximate surface area is 200 Å². The monoisotopic (exact) mass is 466 g/mol. The number of methoxy groups -OCH3 is 1. The molecule has 0 fully saturated rings. The van der Waals surface area contributed by atoms with Gasteiger partial charge in [-0.2, -0.15) is 5.26 Å². The Morgan fingerprint density at radius 1 is 1.21 bits per heavy atom. The number of fused-ring (bicyclic) bond motifs is 1. The molecule has 0 atom stereocenters. The molecule has 180 valence electrons. The third kappa shape index (κ3) is 7.78. The first-order chi connectivity index (χ1) is 16.4. The molecule has 1 heterocycles. The molecule has 34 heavy (non-hydrogen) atoms. The standard InChI is InChI=1S/C20H22FNO3.C6H9N3/c1-3-20(23)22-12-15-5-4-14(10-16(15)13-22)18-7-6-17(21)11-19(18)25-9-8-24-2;1-2-3-4-9-6(8)5-7/h4-7,10-11H,3,8-9,12-13H2,1-2H3;4,8H,2-3H2,1H3. The second-order valence-electron chi connectivity index (χ2n) is 7.63. The molecule has 0 bridgehead atoms. The van der Waals surface area contributed by atoms with Crippen molar-refractivity contribution in [2.45, 2.75) is 46.2 Å². The average Bonchev–Trinajstić information content (AvgIpc) is 3.28. The van der Waals surface area contributed by atoms with Gasteiger partial charge in [-0.1, -0.05) is 32.4 Å². The van der Waals surface area contributed by atoms with Crippen LogP contribution in [0.2, 0.25) is 0 Å². The van der Waals surface area contributed by atoms with E-state index in [9.17, 15) is 9.18 Å². The van der Waals surface area contributed by atoms with Gasteiger partial charge in [-0.25, -0.2) is 9.38 Å². The van der Waals surface area contributed by atoms with Crippen LogP contribution in [0.25, 0.3) is 11.1 Å². The number of carbonyl (C=O) groups excluding carboxylic acids is 1. The molecule has 0 saturated heterocycles. The summed E-state index contributed by atoms with van der Waals surface area (Å²) in [6.45, 7) is 5.96. The molecule has 3 rings (SSSR count). The zero-order chi connectivity index (χ0) is 24.9.